The van der Waals surface area contributed by atoms with Gasteiger partial charge in [0.15, 0.2) is 0 Å². The topological polar surface area (TPSA) is 29.9 Å². The van der Waals surface area contributed by atoms with Crippen LogP contribution < -0.4 is 5.32 Å². The molecule has 21 heavy (non-hydrogen) atoms. The van der Waals surface area contributed by atoms with Gasteiger partial charge in [0.25, 0.3) is 0 Å². The Morgan fingerprint density at radius 3 is 2.52 bits per heavy atom. The van der Waals surface area contributed by atoms with Gasteiger partial charge in [0.2, 0.25) is 0 Å². The molecule has 0 unspecified atom stereocenters. The molecule has 5 heteroatoms. The summed E-state index contributed by atoms with van der Waals surface area (Å²) < 4.78 is 1.96. The molecule has 1 aromatic heterocycles. The molecule has 1 N–H and O–H groups in total. The Balaban J connectivity index is 1.68. The maximum atomic E-state index is 6.15. The van der Waals surface area contributed by atoms with Crippen LogP contribution >= 0.6 is 23.2 Å². The first-order valence-corrected chi connectivity index (χ1v) is 7.24. The molecule has 2 aromatic carbocycles. The maximum Gasteiger partial charge on any atom is 0.0991 e. The summed E-state index contributed by atoms with van der Waals surface area (Å²) in [6, 6.07) is 13.6. The quantitative estimate of drug-likeness (QED) is 0.749. The Labute approximate surface area is 133 Å². The van der Waals surface area contributed by atoms with Crippen molar-refractivity contribution in [2.45, 2.75) is 6.54 Å². The number of nitrogens with zero attached hydrogens (tertiary/aromatic N) is 2. The number of imidazole rings is 1. The highest BCUT2D eigenvalue weighted by Crippen LogP contribution is 2.22. The minimum absolute atomic E-state index is 0.647. The Morgan fingerprint density at radius 1 is 1.05 bits per heavy atom. The molecule has 0 aliphatic rings. The third kappa shape index (κ3) is 3.38. The molecule has 0 aliphatic carbocycles. The zero-order valence-electron chi connectivity index (χ0n) is 11.1. The van der Waals surface area contributed by atoms with Crippen LogP contribution in [0.3, 0.4) is 0 Å². The van der Waals surface area contributed by atoms with E-state index in [4.69, 9.17) is 23.2 Å². The van der Waals surface area contributed by atoms with E-state index in [1.54, 1.807) is 18.6 Å². The van der Waals surface area contributed by atoms with E-state index < -0.39 is 0 Å². The normalized spacial score (nSPS) is 10.6. The second-order valence-corrected chi connectivity index (χ2v) is 5.45. The monoisotopic (exact) mass is 317 g/mol. The number of hydrogen-bond donors (Lipinski definition) is 1. The number of benzene rings is 2. The molecule has 106 valence electrons. The summed E-state index contributed by atoms with van der Waals surface area (Å²) in [5.74, 6) is 0. The Kier molecular flexibility index (Phi) is 4.13. The smallest absolute Gasteiger partial charge is 0.0991 e. The molecule has 1 heterocycles. The van der Waals surface area contributed by atoms with Crippen molar-refractivity contribution in [2.75, 3.05) is 5.32 Å². The van der Waals surface area contributed by atoms with Crippen LogP contribution in [0.15, 0.2) is 61.2 Å². The van der Waals surface area contributed by atoms with Gasteiger partial charge in [0.05, 0.1) is 6.33 Å². The van der Waals surface area contributed by atoms with Gasteiger partial charge in [-0.3, -0.25) is 0 Å². The van der Waals surface area contributed by atoms with E-state index in [2.05, 4.69) is 10.3 Å². The lowest BCUT2D eigenvalue weighted by Crippen LogP contribution is -2.00. The number of halogens is 2. The Bertz CT molecular complexity index is 722. The predicted molar refractivity (Wildman–Crippen MR) is 87.4 cm³/mol. The molecule has 0 saturated carbocycles. The van der Waals surface area contributed by atoms with E-state index in [9.17, 15) is 0 Å². The van der Waals surface area contributed by atoms with Crippen molar-refractivity contribution >= 4 is 28.9 Å². The van der Waals surface area contributed by atoms with Gasteiger partial charge in [0, 0.05) is 40.4 Å². The number of nitrogens with one attached hydrogen (secondary N) is 1. The molecule has 0 bridgehead atoms. The van der Waals surface area contributed by atoms with Crippen LogP contribution in [0.4, 0.5) is 5.69 Å². The van der Waals surface area contributed by atoms with Crippen molar-refractivity contribution in [1.82, 2.24) is 9.55 Å². The second-order valence-electron chi connectivity index (χ2n) is 4.61. The van der Waals surface area contributed by atoms with Gasteiger partial charge in [-0.2, -0.15) is 0 Å². The summed E-state index contributed by atoms with van der Waals surface area (Å²) in [4.78, 5) is 4.04. The molecular weight excluding hydrogens is 305 g/mol. The summed E-state index contributed by atoms with van der Waals surface area (Å²) in [5.41, 5.74) is 3.12. The zero-order chi connectivity index (χ0) is 14.7. The van der Waals surface area contributed by atoms with E-state index >= 15 is 0 Å². The molecule has 0 saturated heterocycles. The lowest BCUT2D eigenvalue weighted by molar-refractivity contribution is 1.06. The zero-order valence-corrected chi connectivity index (χ0v) is 12.6. The van der Waals surface area contributed by atoms with Crippen LogP contribution in [0.1, 0.15) is 5.56 Å². The number of hydrogen-bond acceptors (Lipinski definition) is 2. The van der Waals surface area contributed by atoms with E-state index in [-0.39, 0.29) is 0 Å². The van der Waals surface area contributed by atoms with Crippen LogP contribution in [-0.2, 0) is 6.54 Å². The van der Waals surface area contributed by atoms with Gasteiger partial charge in [-0.05, 0) is 42.0 Å². The molecular formula is C16H13Cl2N3. The Morgan fingerprint density at radius 2 is 1.86 bits per heavy atom. The third-order valence-corrected chi connectivity index (χ3v) is 3.75. The fraction of sp³-hybridized carbons (Fsp3) is 0.0625. The van der Waals surface area contributed by atoms with Gasteiger partial charge >= 0.3 is 0 Å². The van der Waals surface area contributed by atoms with Crippen molar-refractivity contribution in [3.63, 3.8) is 0 Å². The summed E-state index contributed by atoms with van der Waals surface area (Å²) >= 11 is 12.0. The predicted octanol–water partition coefficient (Wildman–Crippen LogP) is 4.79. The first-order chi connectivity index (χ1) is 10.2. The van der Waals surface area contributed by atoms with Crippen molar-refractivity contribution < 1.29 is 0 Å². The van der Waals surface area contributed by atoms with Gasteiger partial charge in [-0.1, -0.05) is 29.3 Å². The molecule has 0 radical (unpaired) electrons. The fourth-order valence-corrected chi connectivity index (χ4v) is 2.50. The van der Waals surface area contributed by atoms with E-state index in [1.165, 1.54) is 0 Å². The molecule has 0 aliphatic heterocycles. The van der Waals surface area contributed by atoms with Crippen molar-refractivity contribution in [3.8, 4) is 5.69 Å². The lowest BCUT2D eigenvalue weighted by atomic mass is 10.2. The molecule has 3 rings (SSSR count). The van der Waals surface area contributed by atoms with Gasteiger partial charge in [-0.15, -0.1) is 0 Å². The molecule has 3 nitrogen and oxygen atoms in total. The summed E-state index contributed by atoms with van der Waals surface area (Å²) in [7, 11) is 0. The van der Waals surface area contributed by atoms with Gasteiger partial charge in [0.1, 0.15) is 0 Å². The molecule has 0 atom stereocenters. The van der Waals surface area contributed by atoms with Crippen molar-refractivity contribution in [1.29, 1.82) is 0 Å². The summed E-state index contributed by atoms with van der Waals surface area (Å²) in [5, 5.41) is 4.66. The highest BCUT2D eigenvalue weighted by Gasteiger charge is 2.02. The average molecular weight is 318 g/mol. The fourth-order valence-electron chi connectivity index (χ4n) is 2.03. The van der Waals surface area contributed by atoms with Crippen LogP contribution in [0.2, 0.25) is 10.0 Å². The van der Waals surface area contributed by atoms with Crippen molar-refractivity contribution in [3.05, 3.63) is 76.8 Å². The first kappa shape index (κ1) is 14.0. The lowest BCUT2D eigenvalue weighted by Gasteiger charge is -2.09. The minimum atomic E-state index is 0.647. The van der Waals surface area contributed by atoms with E-state index in [0.717, 1.165) is 16.9 Å². The van der Waals surface area contributed by atoms with Crippen LogP contribution in [0.5, 0.6) is 0 Å². The highest BCUT2D eigenvalue weighted by molar-refractivity contribution is 6.35. The largest absolute Gasteiger partial charge is 0.381 e. The molecule has 0 fully saturated rings. The van der Waals surface area contributed by atoms with Gasteiger partial charge in [-0.25, -0.2) is 4.98 Å². The summed E-state index contributed by atoms with van der Waals surface area (Å²) in [6.45, 7) is 0.653. The SMILES string of the molecule is Clc1ccc(CNc2ccc(-n3ccnc3)cc2)c(Cl)c1. The molecule has 0 spiro atoms. The average Bonchev–Trinajstić information content (AvgIpc) is 3.01. The van der Waals surface area contributed by atoms with E-state index in [1.807, 2.05) is 47.2 Å². The molecule has 3 aromatic rings. The Hall–Kier alpha value is -1.97. The standard InChI is InChI=1S/C16H13Cl2N3/c17-13-2-1-12(16(18)9-13)10-20-14-3-5-15(6-4-14)21-8-7-19-11-21/h1-9,11,20H,10H2. The van der Waals surface area contributed by atoms with Crippen LogP contribution in [-0.4, -0.2) is 9.55 Å². The summed E-state index contributed by atoms with van der Waals surface area (Å²) in [6.07, 6.45) is 5.44. The number of aromatic nitrogens is 2. The maximum absolute atomic E-state index is 6.15. The first-order valence-electron chi connectivity index (χ1n) is 6.48. The highest BCUT2D eigenvalue weighted by atomic mass is 35.5. The number of rotatable bonds is 4. The van der Waals surface area contributed by atoms with Crippen LogP contribution in [0, 0.1) is 0 Å². The van der Waals surface area contributed by atoms with Gasteiger partial charge < -0.3 is 9.88 Å². The molecule has 0 amide bonds. The third-order valence-electron chi connectivity index (χ3n) is 3.17. The van der Waals surface area contributed by atoms with Crippen LogP contribution in [0.25, 0.3) is 5.69 Å². The minimum Gasteiger partial charge on any atom is -0.381 e. The van der Waals surface area contributed by atoms with Crippen molar-refractivity contribution in [2.24, 2.45) is 0 Å². The van der Waals surface area contributed by atoms with E-state index in [0.29, 0.717) is 16.6 Å². The second kappa shape index (κ2) is 6.20. The number of anilines is 1.